The molecule has 6 rings (SSSR count). The van der Waals surface area contributed by atoms with Crippen LogP contribution in [0, 0.1) is 11.8 Å². The van der Waals surface area contributed by atoms with Crippen LogP contribution in [0.5, 0.6) is 5.75 Å². The first-order chi connectivity index (χ1) is 21.2. The third kappa shape index (κ3) is 5.95. The van der Waals surface area contributed by atoms with Crippen molar-refractivity contribution in [3.8, 4) is 5.75 Å². The summed E-state index contributed by atoms with van der Waals surface area (Å²) in [6.45, 7) is 5.82. The minimum atomic E-state index is -1.03. The molecule has 3 aliphatic carbocycles. The molecular weight excluding hydrogens is 572 g/mol. The number of aliphatic carboxylic acids is 1. The standard InChI is InChI=1S/C37H45ClN2O4/c1-24(22-44-33-12-17-39-32-9-4-6-25(2)34(32)33)18-28-20-27-11-10-26(23-43-3)19-31(27)36(28)13-15-37(16-14-36,35(41)42)40-30-8-5-7-29(38)21-30/h5,7-8,10-12,17,19,21,24-25,28,40H,4,6,9,13-16,18,20,22-23H2,1-3H3,(H,41,42)/t24-,25-,28?,36?,37?/m1/s1. The normalized spacial score (nSPS) is 26.5. The smallest absolute Gasteiger partial charge is 0.329 e. The molecule has 6 nitrogen and oxygen atoms in total. The number of carboxylic acids is 1. The van der Waals surface area contributed by atoms with Crippen molar-refractivity contribution >= 4 is 23.3 Å². The molecule has 0 aliphatic heterocycles. The first kappa shape index (κ1) is 30.9. The Labute approximate surface area is 266 Å². The van der Waals surface area contributed by atoms with Gasteiger partial charge >= 0.3 is 5.97 Å². The number of ether oxygens (including phenoxy) is 2. The van der Waals surface area contributed by atoms with E-state index in [-0.39, 0.29) is 5.41 Å². The first-order valence-corrected chi connectivity index (χ1v) is 16.6. The highest BCUT2D eigenvalue weighted by Crippen LogP contribution is 2.56. The van der Waals surface area contributed by atoms with Crippen molar-refractivity contribution < 1.29 is 19.4 Å². The molecular formula is C37H45ClN2O4. The predicted octanol–water partition coefficient (Wildman–Crippen LogP) is 8.35. The highest BCUT2D eigenvalue weighted by molar-refractivity contribution is 6.30. The zero-order valence-corrected chi connectivity index (χ0v) is 27.0. The zero-order valence-electron chi connectivity index (χ0n) is 26.2. The van der Waals surface area contributed by atoms with Gasteiger partial charge in [0.25, 0.3) is 0 Å². The summed E-state index contributed by atoms with van der Waals surface area (Å²) in [5.74, 6) is 1.44. The molecule has 1 saturated carbocycles. The number of aryl methyl sites for hydroxylation is 1. The highest BCUT2D eigenvalue weighted by Gasteiger charge is 2.54. The number of rotatable bonds is 10. The van der Waals surface area contributed by atoms with Gasteiger partial charge < -0.3 is 19.9 Å². The first-order valence-electron chi connectivity index (χ1n) is 16.2. The summed E-state index contributed by atoms with van der Waals surface area (Å²) in [4.78, 5) is 17.5. The summed E-state index contributed by atoms with van der Waals surface area (Å²) in [6.07, 6.45) is 10.0. The number of hydrogen-bond acceptors (Lipinski definition) is 5. The minimum Gasteiger partial charge on any atom is -0.493 e. The molecule has 1 heterocycles. The van der Waals surface area contributed by atoms with Gasteiger partial charge in [-0.15, -0.1) is 0 Å². The fourth-order valence-electron chi connectivity index (χ4n) is 8.40. The van der Waals surface area contributed by atoms with E-state index >= 15 is 0 Å². The fraction of sp³-hybridized carbons (Fsp3) is 0.514. The van der Waals surface area contributed by atoms with E-state index in [1.54, 1.807) is 7.11 Å². The number of halogens is 1. The summed E-state index contributed by atoms with van der Waals surface area (Å²) >= 11 is 6.25. The lowest BCUT2D eigenvalue weighted by molar-refractivity contribution is -0.144. The van der Waals surface area contributed by atoms with E-state index in [1.165, 1.54) is 40.8 Å². The van der Waals surface area contributed by atoms with Crippen molar-refractivity contribution in [1.82, 2.24) is 4.98 Å². The van der Waals surface area contributed by atoms with E-state index < -0.39 is 11.5 Å². The van der Waals surface area contributed by atoms with Gasteiger partial charge in [0.2, 0.25) is 0 Å². The monoisotopic (exact) mass is 616 g/mol. The van der Waals surface area contributed by atoms with Crippen LogP contribution in [0.25, 0.3) is 0 Å². The molecule has 0 saturated heterocycles. The molecule has 3 atom stereocenters. The van der Waals surface area contributed by atoms with E-state index in [9.17, 15) is 9.90 Å². The molecule has 234 valence electrons. The average molecular weight is 617 g/mol. The summed E-state index contributed by atoms with van der Waals surface area (Å²) < 4.78 is 12.0. The van der Waals surface area contributed by atoms with Gasteiger partial charge in [-0.05, 0) is 122 Å². The second-order valence-electron chi connectivity index (χ2n) is 13.6. The molecule has 0 bridgehead atoms. The third-order valence-corrected chi connectivity index (χ3v) is 10.9. The van der Waals surface area contributed by atoms with Crippen LogP contribution in [-0.4, -0.2) is 35.3 Å². The second kappa shape index (κ2) is 12.7. The molecule has 1 fully saturated rings. The lowest BCUT2D eigenvalue weighted by Crippen LogP contribution is -2.53. The van der Waals surface area contributed by atoms with Gasteiger partial charge in [-0.1, -0.05) is 49.7 Å². The molecule has 3 aliphatic rings. The van der Waals surface area contributed by atoms with Crippen LogP contribution in [0.2, 0.25) is 5.02 Å². The molecule has 0 amide bonds. The molecule has 2 aromatic carbocycles. The summed E-state index contributed by atoms with van der Waals surface area (Å²) in [5.41, 5.74) is 6.10. The Balaban J connectivity index is 1.23. The van der Waals surface area contributed by atoms with E-state index in [0.29, 0.717) is 48.8 Å². The van der Waals surface area contributed by atoms with Crippen LogP contribution in [0.1, 0.15) is 92.7 Å². The van der Waals surface area contributed by atoms with Crippen molar-refractivity contribution in [3.63, 3.8) is 0 Å². The number of fused-ring (bicyclic) bond motifs is 3. The molecule has 3 aromatic rings. The number of nitrogens with zero attached hydrogens (tertiary/aromatic N) is 1. The maximum atomic E-state index is 12.8. The number of carbonyl (C=O) groups is 1. The predicted molar refractivity (Wildman–Crippen MR) is 175 cm³/mol. The number of hydrogen-bond donors (Lipinski definition) is 2. The maximum Gasteiger partial charge on any atom is 0.329 e. The Bertz CT molecular complexity index is 1500. The number of nitrogens with one attached hydrogen (secondary N) is 1. The molecule has 1 unspecified atom stereocenters. The Morgan fingerprint density at radius 2 is 1.98 bits per heavy atom. The fourth-order valence-corrected chi connectivity index (χ4v) is 8.59. The van der Waals surface area contributed by atoms with Gasteiger partial charge in [0.15, 0.2) is 0 Å². The van der Waals surface area contributed by atoms with Gasteiger partial charge in [0.1, 0.15) is 11.3 Å². The Morgan fingerprint density at radius 3 is 2.73 bits per heavy atom. The molecule has 1 spiro atoms. The van der Waals surface area contributed by atoms with Crippen molar-refractivity contribution in [1.29, 1.82) is 0 Å². The van der Waals surface area contributed by atoms with Crippen molar-refractivity contribution in [2.45, 2.75) is 95.1 Å². The quantitative estimate of drug-likeness (QED) is 0.238. The number of anilines is 1. The summed E-state index contributed by atoms with van der Waals surface area (Å²) in [6, 6.07) is 16.2. The van der Waals surface area contributed by atoms with Crippen molar-refractivity contribution in [2.75, 3.05) is 19.0 Å². The number of aromatic nitrogens is 1. The Hall–Kier alpha value is -3.09. The van der Waals surface area contributed by atoms with Crippen molar-refractivity contribution in [2.24, 2.45) is 11.8 Å². The van der Waals surface area contributed by atoms with Crippen molar-refractivity contribution in [3.05, 3.63) is 87.7 Å². The van der Waals surface area contributed by atoms with Gasteiger partial charge in [-0.2, -0.15) is 0 Å². The van der Waals surface area contributed by atoms with Crippen LogP contribution in [0.3, 0.4) is 0 Å². The van der Waals surface area contributed by atoms with E-state index in [0.717, 1.165) is 43.5 Å². The third-order valence-electron chi connectivity index (χ3n) is 10.7. The molecule has 2 N–H and O–H groups in total. The van der Waals surface area contributed by atoms with Gasteiger partial charge in [0.05, 0.1) is 13.2 Å². The maximum absolute atomic E-state index is 12.8. The van der Waals surface area contributed by atoms with E-state index in [1.807, 2.05) is 36.5 Å². The summed E-state index contributed by atoms with van der Waals surface area (Å²) in [5, 5.41) is 14.5. The van der Waals surface area contributed by atoms with Gasteiger partial charge in [0, 0.05) is 35.3 Å². The zero-order chi connectivity index (χ0) is 30.9. The minimum absolute atomic E-state index is 0.0767. The Morgan fingerprint density at radius 1 is 1.16 bits per heavy atom. The molecule has 7 heteroatoms. The van der Waals surface area contributed by atoms with Gasteiger partial charge in [-0.25, -0.2) is 4.79 Å². The number of carboxylic acid groups (broad SMARTS) is 1. The topological polar surface area (TPSA) is 80.7 Å². The number of methoxy groups -OCH3 is 1. The largest absolute Gasteiger partial charge is 0.493 e. The molecule has 1 aromatic heterocycles. The highest BCUT2D eigenvalue weighted by atomic mass is 35.5. The lowest BCUT2D eigenvalue weighted by Gasteiger charge is -2.47. The summed E-state index contributed by atoms with van der Waals surface area (Å²) in [7, 11) is 1.73. The Kier molecular flexibility index (Phi) is 8.94. The molecule has 44 heavy (non-hydrogen) atoms. The average Bonchev–Trinajstić information content (AvgIpc) is 3.29. The SMILES string of the molecule is COCc1ccc2c(c1)C1(CCC(Nc3cccc(Cl)c3)(C(=O)O)CC1)C(C[C@@H](C)COc1ccnc3c1[C@H](C)CCC3)C2. The number of benzene rings is 2. The number of pyridine rings is 1. The van der Waals surface area contributed by atoms with E-state index in [4.69, 9.17) is 21.1 Å². The van der Waals surface area contributed by atoms with Crippen LogP contribution in [0.4, 0.5) is 5.69 Å². The molecule has 0 radical (unpaired) electrons. The van der Waals surface area contributed by atoms with Crippen LogP contribution >= 0.6 is 11.6 Å². The lowest BCUT2D eigenvalue weighted by atomic mass is 9.59. The van der Waals surface area contributed by atoms with Crippen LogP contribution < -0.4 is 10.1 Å². The van der Waals surface area contributed by atoms with Gasteiger partial charge in [-0.3, -0.25) is 4.98 Å². The van der Waals surface area contributed by atoms with Crippen LogP contribution in [-0.2, 0) is 34.4 Å². The van der Waals surface area contributed by atoms with E-state index in [2.05, 4.69) is 42.3 Å². The second-order valence-corrected chi connectivity index (χ2v) is 14.1. The van der Waals surface area contributed by atoms with Crippen LogP contribution in [0.15, 0.2) is 54.7 Å².